The van der Waals surface area contributed by atoms with Gasteiger partial charge in [-0.3, -0.25) is 4.79 Å². The largest absolute Gasteiger partial charge is 0.465 e. The number of hydrogen-bond acceptors (Lipinski definition) is 5. The summed E-state index contributed by atoms with van der Waals surface area (Å²) < 4.78 is 0. The molecule has 1 aromatic heterocycles. The van der Waals surface area contributed by atoms with Crippen molar-refractivity contribution in [1.82, 2.24) is 9.88 Å². The van der Waals surface area contributed by atoms with E-state index in [9.17, 15) is 19.7 Å². The molecule has 9 heteroatoms. The first-order valence-corrected chi connectivity index (χ1v) is 7.83. The van der Waals surface area contributed by atoms with Crippen molar-refractivity contribution in [2.45, 2.75) is 25.7 Å². The highest BCUT2D eigenvalue weighted by molar-refractivity contribution is 5.98. The van der Waals surface area contributed by atoms with Gasteiger partial charge in [-0.1, -0.05) is 0 Å². The zero-order valence-electron chi connectivity index (χ0n) is 13.1. The van der Waals surface area contributed by atoms with Crippen LogP contribution in [0.1, 0.15) is 25.7 Å². The SMILES string of the molecule is O=C(O)N1CCC2(CCCN(c3ccc([N+](=O)[O-])nc3)C2=O)CC1. The fraction of sp³-hybridized carbons (Fsp3) is 0.533. The highest BCUT2D eigenvalue weighted by Gasteiger charge is 2.46. The number of pyridine rings is 1. The molecule has 9 nitrogen and oxygen atoms in total. The maximum Gasteiger partial charge on any atom is 0.407 e. The van der Waals surface area contributed by atoms with Crippen molar-refractivity contribution in [1.29, 1.82) is 0 Å². The lowest BCUT2D eigenvalue weighted by atomic mass is 9.71. The average molecular weight is 334 g/mol. The van der Waals surface area contributed by atoms with Crippen LogP contribution in [0, 0.1) is 15.5 Å². The van der Waals surface area contributed by atoms with Crippen LogP contribution in [-0.2, 0) is 4.79 Å². The van der Waals surface area contributed by atoms with E-state index in [0.29, 0.717) is 38.2 Å². The first kappa shape index (κ1) is 16.2. The molecule has 0 radical (unpaired) electrons. The number of piperidine rings is 2. The Kier molecular flexibility index (Phi) is 4.08. The summed E-state index contributed by atoms with van der Waals surface area (Å²) in [5.41, 5.74) is 0.0109. The number of carbonyl (C=O) groups excluding carboxylic acids is 1. The summed E-state index contributed by atoms with van der Waals surface area (Å²) in [7, 11) is 0. The number of amides is 2. The quantitative estimate of drug-likeness (QED) is 0.652. The highest BCUT2D eigenvalue weighted by Crippen LogP contribution is 2.42. The zero-order valence-corrected chi connectivity index (χ0v) is 13.1. The first-order chi connectivity index (χ1) is 11.4. The van der Waals surface area contributed by atoms with Crippen molar-refractivity contribution >= 4 is 23.5 Å². The van der Waals surface area contributed by atoms with Crippen LogP contribution in [0.4, 0.5) is 16.3 Å². The molecule has 0 atom stereocenters. The van der Waals surface area contributed by atoms with Crippen LogP contribution < -0.4 is 4.90 Å². The van der Waals surface area contributed by atoms with Gasteiger partial charge in [0.1, 0.15) is 0 Å². The van der Waals surface area contributed by atoms with Crippen LogP contribution in [0.3, 0.4) is 0 Å². The number of carbonyl (C=O) groups is 2. The minimum atomic E-state index is -0.954. The van der Waals surface area contributed by atoms with E-state index in [-0.39, 0.29) is 11.7 Å². The number of nitrogens with zero attached hydrogens (tertiary/aromatic N) is 4. The fourth-order valence-corrected chi connectivity index (χ4v) is 3.55. The van der Waals surface area contributed by atoms with E-state index in [2.05, 4.69) is 4.98 Å². The summed E-state index contributed by atoms with van der Waals surface area (Å²) in [6.45, 7) is 1.25. The second-order valence-electron chi connectivity index (χ2n) is 6.24. The molecule has 2 fully saturated rings. The number of nitro groups is 1. The average Bonchev–Trinajstić information content (AvgIpc) is 2.58. The summed E-state index contributed by atoms with van der Waals surface area (Å²) in [5.74, 6) is -0.290. The normalized spacial score (nSPS) is 20.2. The maximum absolute atomic E-state index is 13.0. The Bertz CT molecular complexity index is 667. The lowest BCUT2D eigenvalue weighted by molar-refractivity contribution is -0.389. The van der Waals surface area contributed by atoms with Crippen LogP contribution in [-0.4, -0.2) is 51.5 Å². The monoisotopic (exact) mass is 334 g/mol. The third-order valence-electron chi connectivity index (χ3n) is 4.96. The first-order valence-electron chi connectivity index (χ1n) is 7.83. The molecule has 1 N–H and O–H groups in total. The number of aromatic nitrogens is 1. The van der Waals surface area contributed by atoms with Crippen molar-refractivity contribution in [3.63, 3.8) is 0 Å². The third-order valence-corrected chi connectivity index (χ3v) is 4.96. The molecule has 0 saturated carbocycles. The van der Waals surface area contributed by atoms with Gasteiger partial charge in [-0.25, -0.2) is 4.79 Å². The molecule has 1 aromatic rings. The predicted octanol–water partition coefficient (Wildman–Crippen LogP) is 1.88. The molecule has 3 rings (SSSR count). The summed E-state index contributed by atoms with van der Waals surface area (Å²) in [6, 6.07) is 2.82. The molecule has 128 valence electrons. The van der Waals surface area contributed by atoms with Gasteiger partial charge in [0.25, 0.3) is 0 Å². The van der Waals surface area contributed by atoms with Crippen LogP contribution in [0.2, 0.25) is 0 Å². The van der Waals surface area contributed by atoms with Crippen molar-refractivity contribution in [3.8, 4) is 0 Å². The molecule has 2 aliphatic heterocycles. The van der Waals surface area contributed by atoms with Crippen molar-refractivity contribution in [2.75, 3.05) is 24.5 Å². The Hall–Kier alpha value is -2.71. The molecule has 3 heterocycles. The third kappa shape index (κ3) is 2.77. The summed E-state index contributed by atoms with van der Waals surface area (Å²) in [6.07, 6.45) is 2.97. The number of anilines is 1. The molecule has 0 bridgehead atoms. The second kappa shape index (κ2) is 6.06. The Balaban J connectivity index is 1.78. The van der Waals surface area contributed by atoms with Gasteiger partial charge < -0.3 is 25.0 Å². The topological polar surface area (TPSA) is 117 Å². The van der Waals surface area contributed by atoms with Crippen LogP contribution in [0.25, 0.3) is 0 Å². The predicted molar refractivity (Wildman–Crippen MR) is 83.7 cm³/mol. The Labute approximate surface area is 138 Å². The van der Waals surface area contributed by atoms with Gasteiger partial charge in [-0.15, -0.1) is 0 Å². The molecular weight excluding hydrogens is 316 g/mol. The summed E-state index contributed by atoms with van der Waals surface area (Å²) in [4.78, 5) is 40.9. The zero-order chi connectivity index (χ0) is 17.3. The highest BCUT2D eigenvalue weighted by atomic mass is 16.6. The minimum Gasteiger partial charge on any atom is -0.465 e. The van der Waals surface area contributed by atoms with E-state index in [0.717, 1.165) is 12.8 Å². The van der Waals surface area contributed by atoms with Crippen LogP contribution in [0.15, 0.2) is 18.3 Å². The van der Waals surface area contributed by atoms with E-state index in [1.54, 1.807) is 4.90 Å². The standard InChI is InChI=1S/C15H18N4O5/c20-13-15(5-8-17(9-6-15)14(21)22)4-1-7-18(13)11-2-3-12(16-10-11)19(23)24/h2-3,10H,1,4-9H2,(H,21,22). The van der Waals surface area contributed by atoms with Gasteiger partial charge in [-0.05, 0) is 41.7 Å². The lowest BCUT2D eigenvalue weighted by Gasteiger charge is -2.45. The Morgan fingerprint density at radius 3 is 2.50 bits per heavy atom. The van der Waals surface area contributed by atoms with Gasteiger partial charge in [0.15, 0.2) is 6.20 Å². The van der Waals surface area contributed by atoms with Crippen LogP contribution in [0.5, 0.6) is 0 Å². The van der Waals surface area contributed by atoms with E-state index in [4.69, 9.17) is 5.11 Å². The number of hydrogen-bond donors (Lipinski definition) is 1. The number of carboxylic acid groups (broad SMARTS) is 1. The van der Waals surface area contributed by atoms with E-state index in [1.165, 1.54) is 23.2 Å². The summed E-state index contributed by atoms with van der Waals surface area (Å²) in [5, 5.41) is 19.7. The number of rotatable bonds is 2. The van der Waals surface area contributed by atoms with E-state index >= 15 is 0 Å². The minimum absolute atomic E-state index is 0.0329. The van der Waals surface area contributed by atoms with Crippen molar-refractivity contribution in [2.24, 2.45) is 5.41 Å². The van der Waals surface area contributed by atoms with Crippen molar-refractivity contribution in [3.05, 3.63) is 28.4 Å². The Morgan fingerprint density at radius 2 is 1.96 bits per heavy atom. The van der Waals surface area contributed by atoms with Gasteiger partial charge in [-0.2, -0.15) is 0 Å². The Morgan fingerprint density at radius 1 is 1.25 bits per heavy atom. The molecule has 2 aliphatic rings. The van der Waals surface area contributed by atoms with Gasteiger partial charge in [0.05, 0.1) is 11.1 Å². The molecule has 0 aliphatic carbocycles. The fourth-order valence-electron chi connectivity index (χ4n) is 3.55. The molecule has 2 amide bonds. The smallest absolute Gasteiger partial charge is 0.407 e. The van der Waals surface area contributed by atoms with Crippen LogP contribution >= 0.6 is 0 Å². The van der Waals surface area contributed by atoms with Gasteiger partial charge in [0.2, 0.25) is 5.91 Å². The number of likely N-dealkylation sites (tertiary alicyclic amines) is 1. The van der Waals surface area contributed by atoms with Crippen molar-refractivity contribution < 1.29 is 19.6 Å². The molecule has 1 spiro atoms. The van der Waals surface area contributed by atoms with Gasteiger partial charge >= 0.3 is 11.9 Å². The lowest BCUT2D eigenvalue weighted by Crippen LogP contribution is -2.54. The van der Waals surface area contributed by atoms with E-state index < -0.39 is 16.4 Å². The summed E-state index contributed by atoms with van der Waals surface area (Å²) >= 11 is 0. The molecule has 0 aromatic carbocycles. The van der Waals surface area contributed by atoms with Gasteiger partial charge in [0, 0.05) is 25.7 Å². The molecule has 2 saturated heterocycles. The second-order valence-corrected chi connectivity index (χ2v) is 6.24. The molecule has 24 heavy (non-hydrogen) atoms. The molecular formula is C15H18N4O5. The maximum atomic E-state index is 13.0. The van der Waals surface area contributed by atoms with E-state index in [1.807, 2.05) is 0 Å². The molecule has 0 unspecified atom stereocenters.